The first-order valence-corrected chi connectivity index (χ1v) is 7.21. The Labute approximate surface area is 111 Å². The SMILES string of the molecule is CC1CCC(NC(CN)C(C)c2ccccc2)C1. The molecule has 100 valence electrons. The van der Waals surface area contributed by atoms with E-state index in [4.69, 9.17) is 5.73 Å². The van der Waals surface area contributed by atoms with Gasteiger partial charge in [0.2, 0.25) is 0 Å². The first kappa shape index (κ1) is 13.6. The minimum absolute atomic E-state index is 0.391. The van der Waals surface area contributed by atoms with Crippen LogP contribution in [0.3, 0.4) is 0 Å². The third-order valence-corrected chi connectivity index (χ3v) is 4.33. The predicted octanol–water partition coefficient (Wildman–Crippen LogP) is 2.90. The van der Waals surface area contributed by atoms with E-state index in [9.17, 15) is 0 Å². The van der Waals surface area contributed by atoms with E-state index in [1.165, 1.54) is 24.8 Å². The van der Waals surface area contributed by atoms with Crippen molar-refractivity contribution in [3.63, 3.8) is 0 Å². The molecule has 0 amide bonds. The Balaban J connectivity index is 1.96. The summed E-state index contributed by atoms with van der Waals surface area (Å²) in [6.07, 6.45) is 3.96. The average Bonchev–Trinajstić information content (AvgIpc) is 2.82. The van der Waals surface area contributed by atoms with Crippen LogP contribution in [0.2, 0.25) is 0 Å². The van der Waals surface area contributed by atoms with Crippen molar-refractivity contribution < 1.29 is 0 Å². The lowest BCUT2D eigenvalue weighted by molar-refractivity contribution is 0.388. The van der Waals surface area contributed by atoms with Crippen molar-refractivity contribution in [2.45, 2.75) is 51.1 Å². The van der Waals surface area contributed by atoms with Crippen LogP contribution in [0.15, 0.2) is 30.3 Å². The minimum atomic E-state index is 0.391. The van der Waals surface area contributed by atoms with Crippen molar-refractivity contribution in [2.24, 2.45) is 11.7 Å². The molecule has 1 fully saturated rings. The maximum atomic E-state index is 5.96. The molecule has 0 heterocycles. The van der Waals surface area contributed by atoms with E-state index >= 15 is 0 Å². The van der Waals surface area contributed by atoms with Gasteiger partial charge in [-0.3, -0.25) is 0 Å². The van der Waals surface area contributed by atoms with Gasteiger partial charge in [-0.1, -0.05) is 44.2 Å². The van der Waals surface area contributed by atoms with E-state index in [1.54, 1.807) is 0 Å². The monoisotopic (exact) mass is 246 g/mol. The second-order valence-electron chi connectivity index (χ2n) is 5.82. The summed E-state index contributed by atoms with van der Waals surface area (Å²) in [4.78, 5) is 0. The standard InChI is InChI=1S/C16H26N2/c1-12-8-9-15(10-12)18-16(11-17)13(2)14-6-4-3-5-7-14/h3-7,12-13,15-16,18H,8-11,17H2,1-2H3. The van der Waals surface area contributed by atoms with Crippen LogP contribution >= 0.6 is 0 Å². The molecular formula is C16H26N2. The maximum absolute atomic E-state index is 5.96. The number of hydrogen-bond acceptors (Lipinski definition) is 2. The molecule has 2 rings (SSSR count). The molecule has 0 saturated heterocycles. The highest BCUT2D eigenvalue weighted by atomic mass is 15.0. The lowest BCUT2D eigenvalue weighted by Gasteiger charge is -2.27. The zero-order chi connectivity index (χ0) is 13.0. The summed E-state index contributed by atoms with van der Waals surface area (Å²) in [6, 6.07) is 11.7. The molecule has 1 saturated carbocycles. The zero-order valence-electron chi connectivity index (χ0n) is 11.6. The molecule has 0 spiro atoms. The van der Waals surface area contributed by atoms with Gasteiger partial charge in [0, 0.05) is 18.6 Å². The fourth-order valence-electron chi connectivity index (χ4n) is 3.07. The van der Waals surface area contributed by atoms with E-state index in [1.807, 2.05) is 0 Å². The molecule has 0 radical (unpaired) electrons. The molecule has 3 N–H and O–H groups in total. The van der Waals surface area contributed by atoms with Gasteiger partial charge >= 0.3 is 0 Å². The lowest BCUT2D eigenvalue weighted by atomic mass is 9.92. The minimum Gasteiger partial charge on any atom is -0.329 e. The maximum Gasteiger partial charge on any atom is 0.0258 e. The smallest absolute Gasteiger partial charge is 0.0258 e. The molecule has 2 heteroatoms. The molecule has 1 aliphatic rings. The van der Waals surface area contributed by atoms with Crippen molar-refractivity contribution in [3.8, 4) is 0 Å². The quantitative estimate of drug-likeness (QED) is 0.838. The number of rotatable bonds is 5. The van der Waals surface area contributed by atoms with Crippen LogP contribution in [0.1, 0.15) is 44.6 Å². The summed E-state index contributed by atoms with van der Waals surface area (Å²) in [7, 11) is 0. The molecule has 2 nitrogen and oxygen atoms in total. The van der Waals surface area contributed by atoms with Crippen molar-refractivity contribution in [1.29, 1.82) is 0 Å². The summed E-state index contributed by atoms with van der Waals surface area (Å²) < 4.78 is 0. The van der Waals surface area contributed by atoms with Crippen molar-refractivity contribution in [3.05, 3.63) is 35.9 Å². The highest BCUT2D eigenvalue weighted by molar-refractivity contribution is 5.20. The van der Waals surface area contributed by atoms with Crippen LogP contribution in [-0.2, 0) is 0 Å². The van der Waals surface area contributed by atoms with Gasteiger partial charge in [0.05, 0.1) is 0 Å². The summed E-state index contributed by atoms with van der Waals surface area (Å²) in [5, 5.41) is 3.77. The van der Waals surface area contributed by atoms with Gasteiger partial charge in [0.15, 0.2) is 0 Å². The molecular weight excluding hydrogens is 220 g/mol. The zero-order valence-corrected chi connectivity index (χ0v) is 11.6. The molecule has 4 atom stereocenters. The summed E-state index contributed by atoms with van der Waals surface area (Å²) in [5.74, 6) is 1.35. The number of benzene rings is 1. The Morgan fingerprint density at radius 3 is 2.56 bits per heavy atom. The Hall–Kier alpha value is -0.860. The molecule has 0 aromatic heterocycles. The van der Waals surface area contributed by atoms with E-state index < -0.39 is 0 Å². The molecule has 1 aromatic carbocycles. The van der Waals surface area contributed by atoms with Crippen LogP contribution in [0.4, 0.5) is 0 Å². The topological polar surface area (TPSA) is 38.0 Å². The van der Waals surface area contributed by atoms with Crippen LogP contribution < -0.4 is 11.1 Å². The third-order valence-electron chi connectivity index (χ3n) is 4.33. The van der Waals surface area contributed by atoms with Crippen LogP contribution in [0.25, 0.3) is 0 Å². The molecule has 18 heavy (non-hydrogen) atoms. The first-order chi connectivity index (χ1) is 8.70. The average molecular weight is 246 g/mol. The van der Waals surface area contributed by atoms with E-state index in [0.29, 0.717) is 24.5 Å². The molecule has 4 unspecified atom stereocenters. The molecule has 0 bridgehead atoms. The Kier molecular flexibility index (Phi) is 4.79. The first-order valence-electron chi connectivity index (χ1n) is 7.21. The number of nitrogens with one attached hydrogen (secondary N) is 1. The van der Waals surface area contributed by atoms with Crippen molar-refractivity contribution in [1.82, 2.24) is 5.32 Å². The highest BCUT2D eigenvalue weighted by Gasteiger charge is 2.25. The Bertz CT molecular complexity index is 349. The van der Waals surface area contributed by atoms with Crippen LogP contribution in [0, 0.1) is 5.92 Å². The van der Waals surface area contributed by atoms with Gasteiger partial charge in [0.1, 0.15) is 0 Å². The number of nitrogens with two attached hydrogens (primary N) is 1. The largest absolute Gasteiger partial charge is 0.329 e. The van der Waals surface area contributed by atoms with Gasteiger partial charge in [-0.15, -0.1) is 0 Å². The van der Waals surface area contributed by atoms with E-state index in [2.05, 4.69) is 49.5 Å². The third kappa shape index (κ3) is 3.33. The van der Waals surface area contributed by atoms with Gasteiger partial charge in [-0.25, -0.2) is 0 Å². The van der Waals surface area contributed by atoms with Gasteiger partial charge in [-0.05, 0) is 36.7 Å². The van der Waals surface area contributed by atoms with Gasteiger partial charge in [0.25, 0.3) is 0 Å². The Morgan fingerprint density at radius 1 is 1.28 bits per heavy atom. The fraction of sp³-hybridized carbons (Fsp3) is 0.625. The lowest BCUT2D eigenvalue weighted by Crippen LogP contribution is -2.44. The number of hydrogen-bond donors (Lipinski definition) is 2. The second kappa shape index (κ2) is 6.35. The van der Waals surface area contributed by atoms with Crippen LogP contribution in [-0.4, -0.2) is 18.6 Å². The predicted molar refractivity (Wildman–Crippen MR) is 77.6 cm³/mol. The second-order valence-corrected chi connectivity index (χ2v) is 5.82. The molecule has 1 aliphatic carbocycles. The van der Waals surface area contributed by atoms with Crippen molar-refractivity contribution in [2.75, 3.05) is 6.54 Å². The molecule has 0 aliphatic heterocycles. The Morgan fingerprint density at radius 2 is 2.00 bits per heavy atom. The molecule has 1 aromatic rings. The van der Waals surface area contributed by atoms with Crippen LogP contribution in [0.5, 0.6) is 0 Å². The van der Waals surface area contributed by atoms with E-state index in [-0.39, 0.29) is 0 Å². The van der Waals surface area contributed by atoms with Crippen molar-refractivity contribution >= 4 is 0 Å². The van der Waals surface area contributed by atoms with Gasteiger partial charge < -0.3 is 11.1 Å². The van der Waals surface area contributed by atoms with E-state index in [0.717, 1.165) is 5.92 Å². The summed E-state index contributed by atoms with van der Waals surface area (Å²) in [6.45, 7) is 5.33. The normalized spacial score (nSPS) is 27.1. The summed E-state index contributed by atoms with van der Waals surface area (Å²) in [5.41, 5.74) is 7.34. The highest BCUT2D eigenvalue weighted by Crippen LogP contribution is 2.27. The summed E-state index contributed by atoms with van der Waals surface area (Å²) >= 11 is 0. The fourth-order valence-corrected chi connectivity index (χ4v) is 3.07. The van der Waals surface area contributed by atoms with Gasteiger partial charge in [-0.2, -0.15) is 0 Å².